The van der Waals surface area contributed by atoms with Crippen LogP contribution in [0.2, 0.25) is 0 Å². The molecule has 0 spiro atoms. The van der Waals surface area contributed by atoms with Crippen LogP contribution in [0.25, 0.3) is 0 Å². The Morgan fingerprint density at radius 3 is 2.10 bits per heavy atom. The van der Waals surface area contributed by atoms with Gasteiger partial charge in [0.1, 0.15) is 0 Å². The molecule has 0 aliphatic rings. The highest BCUT2D eigenvalue weighted by Gasteiger charge is 2.11. The molecule has 0 heterocycles. The predicted octanol–water partition coefficient (Wildman–Crippen LogP) is 2.58. The minimum atomic E-state index is -0.0841. The van der Waals surface area contributed by atoms with E-state index in [0.717, 1.165) is 19.3 Å². The number of rotatable bonds is 3. The summed E-state index contributed by atoms with van der Waals surface area (Å²) in [6, 6.07) is 0. The van der Waals surface area contributed by atoms with Gasteiger partial charge in [0.05, 0.1) is 6.10 Å². The first kappa shape index (κ1) is 9.96. The molecular weight excluding hydrogens is 124 g/mol. The summed E-state index contributed by atoms with van der Waals surface area (Å²) in [5.74, 6) is 0. The van der Waals surface area contributed by atoms with Crippen LogP contribution in [0.15, 0.2) is 0 Å². The maximum atomic E-state index is 9.22. The van der Waals surface area contributed by atoms with Gasteiger partial charge in [0.25, 0.3) is 0 Å². The number of aliphatic hydroxyl groups excluding tert-OH is 1. The van der Waals surface area contributed by atoms with Crippen LogP contribution in [0, 0.1) is 5.41 Å². The molecule has 0 radical (unpaired) electrons. The first-order valence-electron chi connectivity index (χ1n) is 4.14. The number of hydrogen-bond donors (Lipinski definition) is 1. The van der Waals surface area contributed by atoms with Gasteiger partial charge in [-0.05, 0) is 24.7 Å². The van der Waals surface area contributed by atoms with Gasteiger partial charge in [0, 0.05) is 0 Å². The summed E-state index contributed by atoms with van der Waals surface area (Å²) in [7, 11) is 0. The molecule has 1 nitrogen and oxygen atoms in total. The third kappa shape index (κ3) is 6.09. The van der Waals surface area contributed by atoms with Gasteiger partial charge in [-0.2, -0.15) is 0 Å². The molecule has 0 amide bonds. The van der Waals surface area contributed by atoms with E-state index in [1.807, 2.05) is 6.92 Å². The van der Waals surface area contributed by atoms with Crippen molar-refractivity contribution in [3.8, 4) is 0 Å². The van der Waals surface area contributed by atoms with E-state index in [0.29, 0.717) is 5.41 Å². The van der Waals surface area contributed by atoms with Gasteiger partial charge in [-0.25, -0.2) is 0 Å². The van der Waals surface area contributed by atoms with Crippen LogP contribution in [0.3, 0.4) is 0 Å². The predicted molar refractivity (Wildman–Crippen MR) is 45.0 cm³/mol. The molecule has 0 aliphatic heterocycles. The Hall–Kier alpha value is -0.0400. The van der Waals surface area contributed by atoms with Crippen molar-refractivity contribution < 1.29 is 5.11 Å². The van der Waals surface area contributed by atoms with Gasteiger partial charge in [0.2, 0.25) is 0 Å². The molecular formula is C9H20O. The molecule has 0 aromatic rings. The van der Waals surface area contributed by atoms with E-state index in [1.165, 1.54) is 0 Å². The highest BCUT2D eigenvalue weighted by atomic mass is 16.3. The fourth-order valence-electron chi connectivity index (χ4n) is 0.804. The average molecular weight is 144 g/mol. The van der Waals surface area contributed by atoms with E-state index in [1.54, 1.807) is 0 Å². The fourth-order valence-corrected chi connectivity index (χ4v) is 0.804. The Kier molecular flexibility index (Phi) is 3.95. The van der Waals surface area contributed by atoms with Crippen LogP contribution in [-0.4, -0.2) is 11.2 Å². The topological polar surface area (TPSA) is 20.2 Å². The standard InChI is InChI=1S/C9H20O/c1-5-8(10)6-7-9(2,3)4/h8,10H,5-7H2,1-4H3/t8-/m1/s1. The Balaban J connectivity index is 3.36. The van der Waals surface area contributed by atoms with Crippen molar-refractivity contribution in [2.24, 2.45) is 5.41 Å². The summed E-state index contributed by atoms with van der Waals surface area (Å²) in [6.45, 7) is 8.63. The molecule has 0 fully saturated rings. The zero-order valence-electron chi connectivity index (χ0n) is 7.65. The number of aliphatic hydroxyl groups is 1. The lowest BCUT2D eigenvalue weighted by Gasteiger charge is -2.19. The Labute approximate surface area is 64.5 Å². The van der Waals surface area contributed by atoms with Gasteiger partial charge in [-0.3, -0.25) is 0 Å². The Morgan fingerprint density at radius 2 is 1.80 bits per heavy atom. The monoisotopic (exact) mass is 144 g/mol. The van der Waals surface area contributed by atoms with Crippen molar-refractivity contribution >= 4 is 0 Å². The minimum absolute atomic E-state index is 0.0841. The van der Waals surface area contributed by atoms with E-state index in [2.05, 4.69) is 20.8 Å². The molecule has 1 N–H and O–H groups in total. The molecule has 0 unspecified atom stereocenters. The van der Waals surface area contributed by atoms with Crippen molar-refractivity contribution in [2.45, 2.75) is 53.1 Å². The third-order valence-corrected chi connectivity index (χ3v) is 1.70. The van der Waals surface area contributed by atoms with Crippen molar-refractivity contribution in [3.63, 3.8) is 0 Å². The molecule has 0 aromatic heterocycles. The lowest BCUT2D eigenvalue weighted by atomic mass is 9.89. The van der Waals surface area contributed by atoms with E-state index in [9.17, 15) is 5.11 Å². The van der Waals surface area contributed by atoms with Gasteiger partial charge in [-0.1, -0.05) is 27.7 Å². The van der Waals surface area contributed by atoms with Crippen LogP contribution in [-0.2, 0) is 0 Å². The molecule has 0 aromatic carbocycles. The lowest BCUT2D eigenvalue weighted by molar-refractivity contribution is 0.142. The quantitative estimate of drug-likeness (QED) is 0.645. The maximum Gasteiger partial charge on any atom is 0.0537 e. The summed E-state index contributed by atoms with van der Waals surface area (Å²) < 4.78 is 0. The zero-order valence-corrected chi connectivity index (χ0v) is 7.65. The van der Waals surface area contributed by atoms with Gasteiger partial charge in [0.15, 0.2) is 0 Å². The second-order valence-corrected chi connectivity index (χ2v) is 4.16. The molecule has 0 rings (SSSR count). The maximum absolute atomic E-state index is 9.22. The van der Waals surface area contributed by atoms with Crippen LogP contribution in [0.4, 0.5) is 0 Å². The van der Waals surface area contributed by atoms with E-state index in [4.69, 9.17) is 0 Å². The van der Waals surface area contributed by atoms with E-state index >= 15 is 0 Å². The Bertz CT molecular complexity index is 81.2. The largest absolute Gasteiger partial charge is 0.393 e. The first-order chi connectivity index (χ1) is 4.45. The van der Waals surface area contributed by atoms with E-state index in [-0.39, 0.29) is 6.10 Å². The van der Waals surface area contributed by atoms with Crippen molar-refractivity contribution in [1.29, 1.82) is 0 Å². The Morgan fingerprint density at radius 1 is 1.30 bits per heavy atom. The van der Waals surface area contributed by atoms with Crippen molar-refractivity contribution in [3.05, 3.63) is 0 Å². The first-order valence-corrected chi connectivity index (χ1v) is 4.14. The van der Waals surface area contributed by atoms with Gasteiger partial charge in [-0.15, -0.1) is 0 Å². The summed E-state index contributed by atoms with van der Waals surface area (Å²) >= 11 is 0. The molecule has 0 saturated carbocycles. The second kappa shape index (κ2) is 3.97. The average Bonchev–Trinajstić information content (AvgIpc) is 1.81. The summed E-state index contributed by atoms with van der Waals surface area (Å²) in [6.07, 6.45) is 2.86. The SMILES string of the molecule is CC[C@@H](O)CCC(C)(C)C. The van der Waals surface area contributed by atoms with Crippen LogP contribution in [0.5, 0.6) is 0 Å². The fraction of sp³-hybridized carbons (Fsp3) is 1.00. The smallest absolute Gasteiger partial charge is 0.0537 e. The van der Waals surface area contributed by atoms with Gasteiger partial charge < -0.3 is 5.11 Å². The van der Waals surface area contributed by atoms with Crippen LogP contribution >= 0.6 is 0 Å². The normalized spacial score (nSPS) is 15.3. The van der Waals surface area contributed by atoms with Crippen molar-refractivity contribution in [1.82, 2.24) is 0 Å². The van der Waals surface area contributed by atoms with Crippen molar-refractivity contribution in [2.75, 3.05) is 0 Å². The summed E-state index contributed by atoms with van der Waals surface area (Å²) in [5, 5.41) is 9.22. The molecule has 10 heavy (non-hydrogen) atoms. The van der Waals surface area contributed by atoms with Crippen LogP contribution < -0.4 is 0 Å². The van der Waals surface area contributed by atoms with Gasteiger partial charge >= 0.3 is 0 Å². The molecule has 1 heteroatoms. The third-order valence-electron chi connectivity index (χ3n) is 1.70. The molecule has 0 bridgehead atoms. The molecule has 1 atom stereocenters. The highest BCUT2D eigenvalue weighted by Crippen LogP contribution is 2.21. The molecule has 0 aliphatic carbocycles. The minimum Gasteiger partial charge on any atom is -0.393 e. The number of hydrogen-bond acceptors (Lipinski definition) is 1. The van der Waals surface area contributed by atoms with E-state index < -0.39 is 0 Å². The molecule has 62 valence electrons. The van der Waals surface area contributed by atoms with Crippen LogP contribution in [0.1, 0.15) is 47.0 Å². The lowest BCUT2D eigenvalue weighted by Crippen LogP contribution is -2.11. The zero-order chi connectivity index (χ0) is 8.20. The highest BCUT2D eigenvalue weighted by molar-refractivity contribution is 4.64. The second-order valence-electron chi connectivity index (χ2n) is 4.16. The molecule has 0 saturated heterocycles. The summed E-state index contributed by atoms with van der Waals surface area (Å²) in [4.78, 5) is 0. The summed E-state index contributed by atoms with van der Waals surface area (Å²) in [5.41, 5.74) is 0.371.